The van der Waals surface area contributed by atoms with Gasteiger partial charge in [0.2, 0.25) is 5.91 Å². The monoisotopic (exact) mass is 233 g/mol. The van der Waals surface area contributed by atoms with E-state index in [1.165, 1.54) is 0 Å². The molecule has 0 aliphatic carbocycles. The van der Waals surface area contributed by atoms with Crippen LogP contribution in [0.3, 0.4) is 0 Å². The highest BCUT2D eigenvalue weighted by molar-refractivity contribution is 5.80. The smallest absolute Gasteiger partial charge is 0.224 e. The summed E-state index contributed by atoms with van der Waals surface area (Å²) >= 11 is 0. The zero-order valence-corrected chi connectivity index (χ0v) is 10.3. The molecule has 4 heteroatoms. The fourth-order valence-corrected chi connectivity index (χ4v) is 2.40. The fourth-order valence-electron chi connectivity index (χ4n) is 2.40. The molecule has 0 saturated carbocycles. The largest absolute Gasteiger partial charge is 0.334 e. The van der Waals surface area contributed by atoms with E-state index in [0.717, 1.165) is 12.1 Å². The Balaban J connectivity index is 2.26. The lowest BCUT2D eigenvalue weighted by Crippen LogP contribution is -2.35. The van der Waals surface area contributed by atoms with Crippen molar-refractivity contribution >= 4 is 5.91 Å². The number of carbonyl (C=O) groups excluding carboxylic acids is 1. The Bertz CT molecular complexity index is 391. The third-order valence-electron chi connectivity index (χ3n) is 3.06. The minimum absolute atomic E-state index is 0.0152. The van der Waals surface area contributed by atoms with Gasteiger partial charge in [0.25, 0.3) is 0 Å². The molecule has 0 bridgehead atoms. The van der Waals surface area contributed by atoms with Crippen LogP contribution in [0.1, 0.15) is 31.9 Å². The Morgan fingerprint density at radius 3 is 2.94 bits per heavy atom. The summed E-state index contributed by atoms with van der Waals surface area (Å²) < 4.78 is 0. The van der Waals surface area contributed by atoms with E-state index >= 15 is 0 Å². The maximum Gasteiger partial charge on any atom is 0.224 e. The van der Waals surface area contributed by atoms with Crippen molar-refractivity contribution in [1.29, 1.82) is 0 Å². The first-order chi connectivity index (χ1) is 8.09. The predicted molar refractivity (Wildman–Crippen MR) is 66.1 cm³/mol. The lowest BCUT2D eigenvalue weighted by atomic mass is 10.0. The van der Waals surface area contributed by atoms with Crippen LogP contribution < -0.4 is 5.73 Å². The van der Waals surface area contributed by atoms with E-state index in [-0.39, 0.29) is 18.0 Å². The van der Waals surface area contributed by atoms with Crippen LogP contribution in [0.25, 0.3) is 0 Å². The molecule has 2 rings (SSSR count). The first-order valence-electron chi connectivity index (χ1n) is 6.04. The summed E-state index contributed by atoms with van der Waals surface area (Å²) in [6.45, 7) is 4.97. The normalized spacial score (nSPS) is 24.7. The van der Waals surface area contributed by atoms with Gasteiger partial charge >= 0.3 is 0 Å². The molecule has 2 atom stereocenters. The van der Waals surface area contributed by atoms with Crippen LogP contribution in [0.15, 0.2) is 24.5 Å². The highest BCUT2D eigenvalue weighted by Crippen LogP contribution is 2.32. The third-order valence-corrected chi connectivity index (χ3v) is 3.06. The van der Waals surface area contributed by atoms with Gasteiger partial charge in [-0.05, 0) is 17.5 Å². The van der Waals surface area contributed by atoms with Crippen molar-refractivity contribution in [2.75, 3.05) is 6.54 Å². The van der Waals surface area contributed by atoms with E-state index in [4.69, 9.17) is 5.73 Å². The molecule has 0 unspecified atom stereocenters. The second-order valence-electron chi connectivity index (χ2n) is 5.04. The summed E-state index contributed by atoms with van der Waals surface area (Å²) in [6, 6.07) is 3.74. The van der Waals surface area contributed by atoms with E-state index in [2.05, 4.69) is 18.8 Å². The molecule has 0 radical (unpaired) electrons. The Morgan fingerprint density at radius 2 is 2.35 bits per heavy atom. The molecule has 1 saturated heterocycles. The van der Waals surface area contributed by atoms with Gasteiger partial charge in [0, 0.05) is 31.4 Å². The number of aromatic nitrogens is 1. The second kappa shape index (κ2) is 4.84. The topological polar surface area (TPSA) is 59.2 Å². The van der Waals surface area contributed by atoms with E-state index in [1.54, 1.807) is 12.4 Å². The van der Waals surface area contributed by atoms with Gasteiger partial charge in [0.15, 0.2) is 0 Å². The van der Waals surface area contributed by atoms with Crippen molar-refractivity contribution in [3.8, 4) is 0 Å². The Hall–Kier alpha value is -1.42. The van der Waals surface area contributed by atoms with Crippen LogP contribution in [-0.2, 0) is 4.79 Å². The van der Waals surface area contributed by atoms with Crippen molar-refractivity contribution in [1.82, 2.24) is 9.88 Å². The highest BCUT2D eigenvalue weighted by Gasteiger charge is 2.38. The molecule has 0 aromatic carbocycles. The van der Waals surface area contributed by atoms with E-state index in [0.29, 0.717) is 12.3 Å². The maximum absolute atomic E-state index is 11.9. The minimum Gasteiger partial charge on any atom is -0.334 e. The summed E-state index contributed by atoms with van der Waals surface area (Å²) in [5, 5.41) is 0. The molecule has 1 aliphatic rings. The van der Waals surface area contributed by atoms with Gasteiger partial charge < -0.3 is 10.6 Å². The average molecular weight is 233 g/mol. The lowest BCUT2D eigenvalue weighted by Gasteiger charge is -2.28. The van der Waals surface area contributed by atoms with Crippen molar-refractivity contribution in [2.24, 2.45) is 11.7 Å². The van der Waals surface area contributed by atoms with Crippen molar-refractivity contribution < 1.29 is 4.79 Å². The molecule has 17 heavy (non-hydrogen) atoms. The molecule has 1 aliphatic heterocycles. The summed E-state index contributed by atoms with van der Waals surface area (Å²) in [4.78, 5) is 17.9. The van der Waals surface area contributed by atoms with Crippen LogP contribution in [0.2, 0.25) is 0 Å². The predicted octanol–water partition coefficient (Wildman–Crippen LogP) is 1.34. The van der Waals surface area contributed by atoms with Crippen LogP contribution in [0.5, 0.6) is 0 Å². The Kier molecular flexibility index (Phi) is 3.43. The molecule has 0 spiro atoms. The summed E-state index contributed by atoms with van der Waals surface area (Å²) in [5.41, 5.74) is 7.11. The van der Waals surface area contributed by atoms with Crippen molar-refractivity contribution in [3.63, 3.8) is 0 Å². The van der Waals surface area contributed by atoms with Gasteiger partial charge in [-0.25, -0.2) is 0 Å². The summed E-state index contributed by atoms with van der Waals surface area (Å²) in [6.07, 6.45) is 3.97. The van der Waals surface area contributed by atoms with Crippen molar-refractivity contribution in [3.05, 3.63) is 30.1 Å². The van der Waals surface area contributed by atoms with Gasteiger partial charge in [-0.3, -0.25) is 9.78 Å². The van der Waals surface area contributed by atoms with Crippen LogP contribution in [-0.4, -0.2) is 28.4 Å². The summed E-state index contributed by atoms with van der Waals surface area (Å²) in [5.74, 6) is 0.600. The Morgan fingerprint density at radius 1 is 1.59 bits per heavy atom. The van der Waals surface area contributed by atoms with E-state index in [9.17, 15) is 4.79 Å². The van der Waals surface area contributed by atoms with Gasteiger partial charge in [-0.1, -0.05) is 19.9 Å². The third kappa shape index (κ3) is 2.47. The zero-order chi connectivity index (χ0) is 12.4. The minimum atomic E-state index is -0.120. The number of hydrogen-bond acceptors (Lipinski definition) is 3. The molecule has 1 aromatic heterocycles. The van der Waals surface area contributed by atoms with Gasteiger partial charge in [0.05, 0.1) is 6.04 Å². The SMILES string of the molecule is CC(C)CN1C(=O)C[C@@H](N)[C@H]1c1cccnc1. The number of carbonyl (C=O) groups is 1. The maximum atomic E-state index is 11.9. The van der Waals surface area contributed by atoms with Gasteiger partial charge in [-0.2, -0.15) is 0 Å². The van der Waals surface area contributed by atoms with Crippen molar-refractivity contribution in [2.45, 2.75) is 32.4 Å². The number of rotatable bonds is 3. The molecule has 4 nitrogen and oxygen atoms in total. The Labute approximate surface area is 102 Å². The highest BCUT2D eigenvalue weighted by atomic mass is 16.2. The molecule has 1 aromatic rings. The average Bonchev–Trinajstić information content (AvgIpc) is 2.54. The number of nitrogens with two attached hydrogens (primary N) is 1. The number of hydrogen-bond donors (Lipinski definition) is 1. The van der Waals surface area contributed by atoms with E-state index in [1.807, 2.05) is 17.0 Å². The van der Waals surface area contributed by atoms with Crippen LogP contribution in [0.4, 0.5) is 0 Å². The quantitative estimate of drug-likeness (QED) is 0.857. The number of likely N-dealkylation sites (tertiary alicyclic amines) is 1. The fraction of sp³-hybridized carbons (Fsp3) is 0.538. The number of pyridine rings is 1. The molecular formula is C13H19N3O. The zero-order valence-electron chi connectivity index (χ0n) is 10.3. The standard InChI is InChI=1S/C13H19N3O/c1-9(2)8-16-12(17)6-11(14)13(16)10-4-3-5-15-7-10/h3-5,7,9,11,13H,6,8,14H2,1-2H3/t11-,13-/m1/s1. The first kappa shape index (κ1) is 12.0. The second-order valence-corrected chi connectivity index (χ2v) is 5.04. The molecule has 2 N–H and O–H groups in total. The summed E-state index contributed by atoms with van der Waals surface area (Å²) in [7, 11) is 0. The first-order valence-corrected chi connectivity index (χ1v) is 6.04. The lowest BCUT2D eigenvalue weighted by molar-refractivity contribution is -0.129. The number of amides is 1. The van der Waals surface area contributed by atoms with Crippen LogP contribution >= 0.6 is 0 Å². The van der Waals surface area contributed by atoms with E-state index < -0.39 is 0 Å². The molecule has 1 fully saturated rings. The molecule has 1 amide bonds. The van der Waals surface area contributed by atoms with Crippen LogP contribution in [0, 0.1) is 5.92 Å². The van der Waals surface area contributed by atoms with Gasteiger partial charge in [0.1, 0.15) is 0 Å². The molecule has 2 heterocycles. The molecule has 92 valence electrons. The van der Waals surface area contributed by atoms with Gasteiger partial charge in [-0.15, -0.1) is 0 Å². The number of nitrogens with zero attached hydrogens (tertiary/aromatic N) is 2. The molecular weight excluding hydrogens is 214 g/mol.